The first-order chi connectivity index (χ1) is 18.1. The minimum atomic E-state index is -4.63. The van der Waals surface area contributed by atoms with Gasteiger partial charge in [0, 0.05) is 17.5 Å². The Morgan fingerprint density at radius 1 is 1.11 bits per heavy atom. The van der Waals surface area contributed by atoms with Gasteiger partial charge in [0.1, 0.15) is 23.2 Å². The van der Waals surface area contributed by atoms with Gasteiger partial charge in [-0.25, -0.2) is 14.5 Å². The Balaban J connectivity index is 1.85. The summed E-state index contributed by atoms with van der Waals surface area (Å²) >= 11 is 12.6. The van der Waals surface area contributed by atoms with Crippen molar-refractivity contribution in [3.8, 4) is 29.0 Å². The number of aromatic amines is 1. The van der Waals surface area contributed by atoms with Gasteiger partial charge < -0.3 is 9.30 Å². The molecule has 0 spiro atoms. The molecule has 0 amide bonds. The van der Waals surface area contributed by atoms with Gasteiger partial charge in [-0.05, 0) is 48.0 Å². The lowest BCUT2D eigenvalue weighted by atomic mass is 10.1. The summed E-state index contributed by atoms with van der Waals surface area (Å²) in [4.78, 5) is 13.1. The van der Waals surface area contributed by atoms with Crippen molar-refractivity contribution in [2.24, 2.45) is 0 Å². The molecular formula is C26H16Cl2F3N5O2. The second-order valence-electron chi connectivity index (χ2n) is 8.26. The maximum atomic E-state index is 13.6. The molecule has 1 N–H and O–H groups in total. The molecule has 0 saturated heterocycles. The van der Waals surface area contributed by atoms with E-state index >= 15 is 0 Å². The lowest BCUT2D eigenvalue weighted by Crippen LogP contribution is -2.20. The predicted molar refractivity (Wildman–Crippen MR) is 137 cm³/mol. The van der Waals surface area contributed by atoms with Crippen molar-refractivity contribution in [2.75, 3.05) is 7.11 Å². The highest BCUT2D eigenvalue weighted by Gasteiger charge is 2.32. The summed E-state index contributed by atoms with van der Waals surface area (Å²) in [7, 11) is 1.53. The number of fused-ring (bicyclic) bond motifs is 1. The van der Waals surface area contributed by atoms with Crippen molar-refractivity contribution in [1.82, 2.24) is 19.3 Å². The molecule has 0 radical (unpaired) electrons. The summed E-state index contributed by atoms with van der Waals surface area (Å²) in [6.07, 6.45) is -4.63. The van der Waals surface area contributed by atoms with Crippen LogP contribution in [0.3, 0.4) is 0 Å². The number of hydrogen-bond donors (Lipinski definition) is 1. The Kier molecular flexibility index (Phi) is 6.42. The molecule has 0 aliphatic heterocycles. The number of aromatic nitrogens is 4. The number of nitrogens with zero attached hydrogens (tertiary/aromatic N) is 4. The molecule has 7 nitrogen and oxygen atoms in total. The van der Waals surface area contributed by atoms with E-state index in [0.29, 0.717) is 16.8 Å². The predicted octanol–water partition coefficient (Wildman–Crippen LogP) is 6.44. The van der Waals surface area contributed by atoms with Gasteiger partial charge in [-0.2, -0.15) is 23.5 Å². The summed E-state index contributed by atoms with van der Waals surface area (Å²) in [6.45, 7) is 0.114. The fourth-order valence-electron chi connectivity index (χ4n) is 4.28. The molecule has 0 aliphatic rings. The van der Waals surface area contributed by atoms with Gasteiger partial charge in [-0.1, -0.05) is 41.4 Å². The van der Waals surface area contributed by atoms with Crippen LogP contribution >= 0.6 is 23.2 Å². The number of ether oxygens (including phenoxy) is 1. The number of H-pyrrole nitrogens is 1. The van der Waals surface area contributed by atoms with Crippen LogP contribution in [0.15, 0.2) is 65.5 Å². The molecule has 0 fully saturated rings. The fraction of sp³-hybridized carbons (Fsp3) is 0.115. The molecule has 2 heterocycles. The molecule has 0 saturated carbocycles. The molecule has 5 rings (SSSR count). The molecule has 192 valence electrons. The second kappa shape index (κ2) is 9.59. The lowest BCUT2D eigenvalue weighted by Gasteiger charge is -2.14. The zero-order valence-corrected chi connectivity index (χ0v) is 21.0. The Bertz CT molecular complexity index is 1780. The standard InChI is InChI=1S/C26H16Cl2F3N5O2/c1-38-16-8-5-14(6-9-16)13-35-21-10-7-15(26(29,30)31)11-18(21)19(12-32)24(35)36-23(33-34-25(36)37)17-3-2-4-20(27)22(17)28/h2-11H,13H2,1H3,(H,34,37). The van der Waals surface area contributed by atoms with Crippen LogP contribution in [0.1, 0.15) is 16.7 Å². The molecule has 0 unspecified atom stereocenters. The topological polar surface area (TPSA) is 88.6 Å². The third-order valence-corrected chi connectivity index (χ3v) is 6.87. The summed E-state index contributed by atoms with van der Waals surface area (Å²) in [5.41, 5.74) is -0.431. The van der Waals surface area contributed by atoms with Crippen molar-refractivity contribution < 1.29 is 17.9 Å². The van der Waals surface area contributed by atoms with Crippen LogP contribution in [0, 0.1) is 11.3 Å². The van der Waals surface area contributed by atoms with E-state index in [2.05, 4.69) is 10.2 Å². The Morgan fingerprint density at radius 3 is 2.50 bits per heavy atom. The molecule has 5 aromatic rings. The van der Waals surface area contributed by atoms with Crippen molar-refractivity contribution >= 4 is 34.1 Å². The zero-order chi connectivity index (χ0) is 27.2. The highest BCUT2D eigenvalue weighted by Crippen LogP contribution is 2.38. The van der Waals surface area contributed by atoms with Gasteiger partial charge in [-0.15, -0.1) is 0 Å². The third kappa shape index (κ3) is 4.30. The van der Waals surface area contributed by atoms with Crippen LogP contribution in [0.5, 0.6) is 5.75 Å². The van der Waals surface area contributed by atoms with E-state index in [1.807, 2.05) is 6.07 Å². The number of nitriles is 1. The minimum absolute atomic E-state index is 0.0297. The number of benzene rings is 3. The summed E-state index contributed by atoms with van der Waals surface area (Å²) < 4.78 is 48.7. The van der Waals surface area contributed by atoms with E-state index in [0.717, 1.165) is 22.3 Å². The molecule has 3 aromatic carbocycles. The second-order valence-corrected chi connectivity index (χ2v) is 9.05. The number of nitrogens with one attached hydrogen (secondary N) is 1. The normalized spacial score (nSPS) is 11.6. The Hall–Kier alpha value is -4.20. The smallest absolute Gasteiger partial charge is 0.416 e. The van der Waals surface area contributed by atoms with Gasteiger partial charge in [0.2, 0.25) is 0 Å². The third-order valence-electron chi connectivity index (χ3n) is 6.05. The van der Waals surface area contributed by atoms with E-state index in [-0.39, 0.29) is 39.2 Å². The highest BCUT2D eigenvalue weighted by molar-refractivity contribution is 6.43. The summed E-state index contributed by atoms with van der Waals surface area (Å²) in [6, 6.07) is 16.9. The summed E-state index contributed by atoms with van der Waals surface area (Å²) in [5.74, 6) is 0.680. The van der Waals surface area contributed by atoms with Gasteiger partial charge in [0.15, 0.2) is 5.82 Å². The number of halogens is 5. The van der Waals surface area contributed by atoms with Crippen LogP contribution in [-0.4, -0.2) is 26.4 Å². The molecule has 12 heteroatoms. The van der Waals surface area contributed by atoms with Gasteiger partial charge in [0.05, 0.1) is 28.2 Å². The first kappa shape index (κ1) is 25.4. The molecule has 0 aliphatic carbocycles. The van der Waals surface area contributed by atoms with Crippen molar-refractivity contribution in [3.05, 3.63) is 97.9 Å². The highest BCUT2D eigenvalue weighted by atomic mass is 35.5. The molecule has 0 bridgehead atoms. The lowest BCUT2D eigenvalue weighted by molar-refractivity contribution is -0.137. The van der Waals surface area contributed by atoms with E-state index < -0.39 is 17.4 Å². The first-order valence-electron chi connectivity index (χ1n) is 11.0. The van der Waals surface area contributed by atoms with Crippen molar-refractivity contribution in [2.45, 2.75) is 12.7 Å². The van der Waals surface area contributed by atoms with Crippen LogP contribution in [0.2, 0.25) is 10.0 Å². The number of rotatable bonds is 5. The van der Waals surface area contributed by atoms with Gasteiger partial charge >= 0.3 is 11.9 Å². The van der Waals surface area contributed by atoms with Crippen molar-refractivity contribution in [3.63, 3.8) is 0 Å². The first-order valence-corrected chi connectivity index (χ1v) is 11.8. The Labute approximate surface area is 223 Å². The van der Waals surface area contributed by atoms with E-state index in [1.165, 1.54) is 13.2 Å². The van der Waals surface area contributed by atoms with Crippen LogP contribution in [-0.2, 0) is 12.7 Å². The maximum Gasteiger partial charge on any atom is 0.416 e. The zero-order valence-electron chi connectivity index (χ0n) is 19.5. The van der Waals surface area contributed by atoms with Crippen LogP contribution in [0.25, 0.3) is 28.1 Å². The van der Waals surface area contributed by atoms with Gasteiger partial charge in [-0.3, -0.25) is 0 Å². The quantitative estimate of drug-likeness (QED) is 0.269. The molecule has 2 aromatic heterocycles. The molecular weight excluding hydrogens is 542 g/mol. The minimum Gasteiger partial charge on any atom is -0.497 e. The van der Waals surface area contributed by atoms with Crippen molar-refractivity contribution in [1.29, 1.82) is 5.26 Å². The van der Waals surface area contributed by atoms with E-state index in [1.54, 1.807) is 47.0 Å². The molecule has 38 heavy (non-hydrogen) atoms. The largest absolute Gasteiger partial charge is 0.497 e. The monoisotopic (exact) mass is 557 g/mol. The molecule has 0 atom stereocenters. The van der Waals surface area contributed by atoms with E-state index in [9.17, 15) is 23.2 Å². The van der Waals surface area contributed by atoms with E-state index in [4.69, 9.17) is 27.9 Å². The maximum absolute atomic E-state index is 13.6. The fourth-order valence-corrected chi connectivity index (χ4v) is 4.67. The number of methoxy groups -OCH3 is 1. The van der Waals surface area contributed by atoms with Crippen LogP contribution in [0.4, 0.5) is 13.2 Å². The average Bonchev–Trinajstić information content (AvgIpc) is 3.41. The van der Waals surface area contributed by atoms with Crippen LogP contribution < -0.4 is 10.4 Å². The summed E-state index contributed by atoms with van der Waals surface area (Å²) in [5, 5.41) is 17.0. The number of alkyl halides is 3. The Morgan fingerprint density at radius 2 is 1.84 bits per heavy atom. The SMILES string of the molecule is COc1ccc(Cn2c(-n3c(-c4cccc(Cl)c4Cl)n[nH]c3=O)c(C#N)c3cc(C(F)(F)F)ccc32)cc1. The number of hydrogen-bond acceptors (Lipinski definition) is 4. The average molecular weight is 558 g/mol. The van der Waals surface area contributed by atoms with Gasteiger partial charge in [0.25, 0.3) is 0 Å².